The lowest BCUT2D eigenvalue weighted by Gasteiger charge is -2.27. The summed E-state index contributed by atoms with van der Waals surface area (Å²) in [6, 6.07) is 7.78. The molecule has 0 bridgehead atoms. The number of primary amides is 1. The second-order valence-corrected chi connectivity index (χ2v) is 6.74. The quantitative estimate of drug-likeness (QED) is 0.906. The van der Waals surface area contributed by atoms with Gasteiger partial charge < -0.3 is 15.4 Å². The summed E-state index contributed by atoms with van der Waals surface area (Å²) in [5.41, 5.74) is 7.21. The molecule has 0 spiro atoms. The van der Waals surface area contributed by atoms with Crippen LogP contribution in [0.25, 0.3) is 0 Å². The number of carbonyl (C=O) groups is 1. The molecule has 2 heterocycles. The number of likely N-dealkylation sites (tertiary alicyclic amines) is 1. The van der Waals surface area contributed by atoms with Gasteiger partial charge in [-0.3, -0.25) is 4.79 Å². The fourth-order valence-electron chi connectivity index (χ4n) is 3.72. The summed E-state index contributed by atoms with van der Waals surface area (Å²) in [7, 11) is 0. The third-order valence-corrected chi connectivity index (χ3v) is 4.96. The molecule has 1 aromatic carbocycles. The normalized spacial score (nSPS) is 23.7. The van der Waals surface area contributed by atoms with Gasteiger partial charge in [0, 0.05) is 31.9 Å². The Morgan fingerprint density at radius 3 is 2.82 bits per heavy atom. The molecule has 2 fully saturated rings. The molecule has 2 aliphatic heterocycles. The van der Waals surface area contributed by atoms with E-state index >= 15 is 0 Å². The summed E-state index contributed by atoms with van der Waals surface area (Å²) < 4.78 is 5.44. The summed E-state index contributed by atoms with van der Waals surface area (Å²) in [5.74, 6) is 1.17. The summed E-state index contributed by atoms with van der Waals surface area (Å²) in [6.45, 7) is 5.47. The van der Waals surface area contributed by atoms with E-state index in [1.54, 1.807) is 6.07 Å². The minimum Gasteiger partial charge on any atom is -0.381 e. The molecule has 0 unspecified atom stereocenters. The van der Waals surface area contributed by atoms with Crippen LogP contribution in [0.2, 0.25) is 0 Å². The Morgan fingerprint density at radius 1 is 1.23 bits per heavy atom. The van der Waals surface area contributed by atoms with E-state index in [-0.39, 0.29) is 5.91 Å². The van der Waals surface area contributed by atoms with Gasteiger partial charge in [0.2, 0.25) is 5.91 Å². The molecule has 3 rings (SSSR count). The Morgan fingerprint density at radius 2 is 2.05 bits per heavy atom. The van der Waals surface area contributed by atoms with Crippen LogP contribution in [-0.4, -0.2) is 43.7 Å². The van der Waals surface area contributed by atoms with Gasteiger partial charge in [-0.15, -0.1) is 0 Å². The van der Waals surface area contributed by atoms with Crippen molar-refractivity contribution in [2.45, 2.75) is 25.7 Å². The molecule has 0 aromatic heterocycles. The van der Waals surface area contributed by atoms with Gasteiger partial charge >= 0.3 is 0 Å². The first-order valence-electron chi connectivity index (χ1n) is 8.39. The van der Waals surface area contributed by atoms with Crippen molar-refractivity contribution in [2.24, 2.45) is 17.6 Å². The molecule has 0 radical (unpaired) electrons. The zero-order valence-electron chi connectivity index (χ0n) is 13.2. The molecule has 1 amide bonds. The summed E-state index contributed by atoms with van der Waals surface area (Å²) >= 11 is 0. The number of hydrogen-bond acceptors (Lipinski definition) is 3. The number of benzene rings is 1. The maximum Gasteiger partial charge on any atom is 0.248 e. The number of hydrogen-bond donors (Lipinski definition) is 1. The molecule has 4 heteroatoms. The second-order valence-electron chi connectivity index (χ2n) is 6.74. The first kappa shape index (κ1) is 15.5. The van der Waals surface area contributed by atoms with Crippen LogP contribution in [0.5, 0.6) is 0 Å². The highest BCUT2D eigenvalue weighted by atomic mass is 16.5. The Bertz CT molecular complexity index is 512. The van der Waals surface area contributed by atoms with Gasteiger partial charge in [0.15, 0.2) is 0 Å². The molecule has 2 saturated heterocycles. The molecular formula is C18H26N2O2. The minimum absolute atomic E-state index is 0.339. The predicted molar refractivity (Wildman–Crippen MR) is 86.8 cm³/mol. The number of rotatable bonds is 5. The van der Waals surface area contributed by atoms with E-state index < -0.39 is 0 Å². The fraction of sp³-hybridized carbons (Fsp3) is 0.611. The molecule has 2 N–H and O–H groups in total. The third-order valence-electron chi connectivity index (χ3n) is 4.96. The Kier molecular flexibility index (Phi) is 5.11. The van der Waals surface area contributed by atoms with Crippen LogP contribution in [0.15, 0.2) is 24.3 Å². The van der Waals surface area contributed by atoms with Crippen LogP contribution in [0.3, 0.4) is 0 Å². The lowest BCUT2D eigenvalue weighted by Crippen LogP contribution is -2.31. The standard InChI is InChI=1S/C18H26N2O2/c19-18(21)17-3-1-2-15(11-17)10-16-4-7-20(13-16)12-14-5-8-22-9-6-14/h1-3,11,14,16H,4-10,12-13H2,(H2,19,21)/t16-/m1/s1. The van der Waals surface area contributed by atoms with E-state index in [0.29, 0.717) is 11.5 Å². The molecule has 22 heavy (non-hydrogen) atoms. The molecule has 4 nitrogen and oxygen atoms in total. The van der Waals surface area contributed by atoms with Crippen molar-refractivity contribution in [3.05, 3.63) is 35.4 Å². The molecule has 2 aliphatic rings. The van der Waals surface area contributed by atoms with Crippen molar-refractivity contribution in [3.63, 3.8) is 0 Å². The van der Waals surface area contributed by atoms with Crippen molar-refractivity contribution in [3.8, 4) is 0 Å². The lowest BCUT2D eigenvalue weighted by molar-refractivity contribution is 0.0551. The van der Waals surface area contributed by atoms with Crippen molar-refractivity contribution < 1.29 is 9.53 Å². The fourth-order valence-corrected chi connectivity index (χ4v) is 3.72. The maximum atomic E-state index is 11.3. The van der Waals surface area contributed by atoms with Crippen LogP contribution in [-0.2, 0) is 11.2 Å². The molecule has 1 atom stereocenters. The van der Waals surface area contributed by atoms with E-state index in [4.69, 9.17) is 10.5 Å². The van der Waals surface area contributed by atoms with Crippen LogP contribution in [0, 0.1) is 11.8 Å². The number of nitrogens with zero attached hydrogens (tertiary/aromatic N) is 1. The summed E-state index contributed by atoms with van der Waals surface area (Å²) in [5, 5.41) is 0. The van der Waals surface area contributed by atoms with Crippen molar-refractivity contribution in [1.82, 2.24) is 4.90 Å². The van der Waals surface area contributed by atoms with E-state index in [1.807, 2.05) is 12.1 Å². The maximum absolute atomic E-state index is 11.3. The molecule has 0 saturated carbocycles. The zero-order chi connectivity index (χ0) is 15.4. The molecule has 1 aromatic rings. The van der Waals surface area contributed by atoms with Gasteiger partial charge in [-0.1, -0.05) is 12.1 Å². The van der Waals surface area contributed by atoms with Crippen LogP contribution >= 0.6 is 0 Å². The highest BCUT2D eigenvalue weighted by Gasteiger charge is 2.25. The number of nitrogens with two attached hydrogens (primary N) is 1. The van der Waals surface area contributed by atoms with Gasteiger partial charge in [0.05, 0.1) is 0 Å². The Hall–Kier alpha value is -1.39. The van der Waals surface area contributed by atoms with Crippen molar-refractivity contribution in [2.75, 3.05) is 32.8 Å². The lowest BCUT2D eigenvalue weighted by atomic mass is 9.97. The molecule has 120 valence electrons. The Balaban J connectivity index is 1.50. The average Bonchev–Trinajstić information content (AvgIpc) is 2.95. The SMILES string of the molecule is NC(=O)c1cccc(C[C@H]2CCN(CC3CCOCC3)C2)c1. The monoisotopic (exact) mass is 302 g/mol. The zero-order valence-corrected chi connectivity index (χ0v) is 13.2. The predicted octanol–water partition coefficient (Wildman–Crippen LogP) is 2.08. The summed E-state index contributed by atoms with van der Waals surface area (Å²) in [4.78, 5) is 13.9. The van der Waals surface area contributed by atoms with Crippen LogP contribution < -0.4 is 5.73 Å². The van der Waals surface area contributed by atoms with E-state index in [9.17, 15) is 4.79 Å². The third kappa shape index (κ3) is 4.08. The van der Waals surface area contributed by atoms with Crippen LogP contribution in [0.1, 0.15) is 35.2 Å². The highest BCUT2D eigenvalue weighted by Crippen LogP contribution is 2.24. The van der Waals surface area contributed by atoms with E-state index in [1.165, 1.54) is 44.5 Å². The van der Waals surface area contributed by atoms with Crippen molar-refractivity contribution in [1.29, 1.82) is 0 Å². The molecular weight excluding hydrogens is 276 g/mol. The van der Waals surface area contributed by atoms with Crippen molar-refractivity contribution >= 4 is 5.91 Å². The van der Waals surface area contributed by atoms with Gasteiger partial charge in [0.1, 0.15) is 0 Å². The van der Waals surface area contributed by atoms with E-state index in [0.717, 1.165) is 25.6 Å². The number of ether oxygens (including phenoxy) is 1. The van der Waals surface area contributed by atoms with Crippen LogP contribution in [0.4, 0.5) is 0 Å². The number of carbonyl (C=O) groups excluding carboxylic acids is 1. The Labute approximate surface area is 132 Å². The highest BCUT2D eigenvalue weighted by molar-refractivity contribution is 5.92. The van der Waals surface area contributed by atoms with E-state index in [2.05, 4.69) is 11.0 Å². The van der Waals surface area contributed by atoms with Gasteiger partial charge in [0.25, 0.3) is 0 Å². The largest absolute Gasteiger partial charge is 0.381 e. The average molecular weight is 302 g/mol. The minimum atomic E-state index is -0.339. The number of amides is 1. The smallest absolute Gasteiger partial charge is 0.248 e. The topological polar surface area (TPSA) is 55.6 Å². The van der Waals surface area contributed by atoms with Gasteiger partial charge in [-0.25, -0.2) is 0 Å². The molecule has 0 aliphatic carbocycles. The van der Waals surface area contributed by atoms with Gasteiger partial charge in [-0.2, -0.15) is 0 Å². The first-order chi connectivity index (χ1) is 10.7. The first-order valence-corrected chi connectivity index (χ1v) is 8.39. The summed E-state index contributed by atoms with van der Waals surface area (Å²) in [6.07, 6.45) is 4.72. The second kappa shape index (κ2) is 7.25. The van der Waals surface area contributed by atoms with Gasteiger partial charge in [-0.05, 0) is 61.8 Å².